The number of carbonyl (C=O) groups is 1. The molecular weight excluding hydrogens is 486 g/mol. The molecule has 37 heavy (non-hydrogen) atoms. The molecule has 0 heterocycles. The lowest BCUT2D eigenvalue weighted by molar-refractivity contribution is -0.145. The second kappa shape index (κ2) is 12.3. The summed E-state index contributed by atoms with van der Waals surface area (Å²) in [5, 5.41) is 3.42. The third-order valence-electron chi connectivity index (χ3n) is 5.81. The van der Waals surface area contributed by atoms with E-state index in [1.165, 1.54) is 12.1 Å². The highest BCUT2D eigenvalue weighted by atomic mass is 32.2. The summed E-state index contributed by atoms with van der Waals surface area (Å²) in [6, 6.07) is 32.2. The van der Waals surface area contributed by atoms with Crippen molar-refractivity contribution in [3.63, 3.8) is 0 Å². The number of nitrogens with one attached hydrogen (secondary N) is 1. The molecule has 7 heteroatoms. The molecule has 0 saturated carbocycles. The smallest absolute Gasteiger partial charge is 0.339 e. The third-order valence-corrected chi connectivity index (χ3v) is 7.07. The zero-order valence-electron chi connectivity index (χ0n) is 20.5. The van der Waals surface area contributed by atoms with E-state index in [-0.39, 0.29) is 35.7 Å². The van der Waals surface area contributed by atoms with Crippen LogP contribution < -0.4 is 9.50 Å². The van der Waals surface area contributed by atoms with Crippen molar-refractivity contribution in [3.8, 4) is 5.75 Å². The Labute approximate surface area is 218 Å². The molecule has 0 saturated heterocycles. The molecule has 0 amide bonds. The summed E-state index contributed by atoms with van der Waals surface area (Å²) >= 11 is 0. The second-order valence-electron chi connectivity index (χ2n) is 8.69. The van der Waals surface area contributed by atoms with Gasteiger partial charge in [-0.25, -0.2) is 0 Å². The van der Waals surface area contributed by atoms with E-state index in [1.54, 1.807) is 36.4 Å². The van der Waals surface area contributed by atoms with Crippen molar-refractivity contribution < 1.29 is 22.1 Å². The van der Waals surface area contributed by atoms with Gasteiger partial charge in [0.2, 0.25) is 0 Å². The maximum absolute atomic E-state index is 12.7. The Kier molecular flexibility index (Phi) is 8.72. The molecule has 0 spiro atoms. The van der Waals surface area contributed by atoms with Crippen LogP contribution in [0.3, 0.4) is 0 Å². The number of rotatable bonds is 11. The highest BCUT2D eigenvalue weighted by Crippen LogP contribution is 2.24. The molecule has 1 unspecified atom stereocenters. The van der Waals surface area contributed by atoms with Crippen molar-refractivity contribution >= 4 is 16.1 Å². The maximum Gasteiger partial charge on any atom is 0.339 e. The average Bonchev–Trinajstić information content (AvgIpc) is 2.91. The molecule has 1 N–H and O–H groups in total. The van der Waals surface area contributed by atoms with Crippen LogP contribution in [0.25, 0.3) is 0 Å². The SMILES string of the molecule is Cc1ccc(S(=O)(=O)Oc2ccc(C(CC(=O)OCc3ccccc3)NCc3ccccc3)cc2)cc1. The molecule has 4 aromatic rings. The first kappa shape index (κ1) is 26.1. The van der Waals surface area contributed by atoms with Gasteiger partial charge in [-0.2, -0.15) is 8.42 Å². The fourth-order valence-corrected chi connectivity index (χ4v) is 4.67. The first-order valence-corrected chi connectivity index (χ1v) is 13.4. The van der Waals surface area contributed by atoms with Crippen molar-refractivity contribution in [1.29, 1.82) is 0 Å². The van der Waals surface area contributed by atoms with Crippen LogP contribution >= 0.6 is 0 Å². The van der Waals surface area contributed by atoms with E-state index in [2.05, 4.69) is 5.32 Å². The molecule has 190 valence electrons. The van der Waals surface area contributed by atoms with Crippen LogP contribution in [0.15, 0.2) is 114 Å². The standard InChI is InChI=1S/C30H29NO5S/c1-23-12-18-28(19-13-23)37(33,34)36-27-16-14-26(15-17-27)29(31-21-24-8-4-2-5-9-24)20-30(32)35-22-25-10-6-3-7-11-25/h2-19,29,31H,20-22H2,1H3. The number of hydrogen-bond acceptors (Lipinski definition) is 6. The van der Waals surface area contributed by atoms with Gasteiger partial charge in [0.05, 0.1) is 6.42 Å². The van der Waals surface area contributed by atoms with Crippen LogP contribution in [-0.4, -0.2) is 14.4 Å². The lowest BCUT2D eigenvalue weighted by Gasteiger charge is -2.19. The van der Waals surface area contributed by atoms with Gasteiger partial charge in [-0.3, -0.25) is 4.79 Å². The van der Waals surface area contributed by atoms with Crippen molar-refractivity contribution in [1.82, 2.24) is 5.32 Å². The molecule has 0 bridgehead atoms. The molecule has 4 aromatic carbocycles. The first-order valence-electron chi connectivity index (χ1n) is 12.0. The van der Waals surface area contributed by atoms with Crippen LogP contribution in [-0.2, 0) is 32.8 Å². The Bertz CT molecular complexity index is 1390. The lowest BCUT2D eigenvalue weighted by atomic mass is 10.0. The van der Waals surface area contributed by atoms with Crippen molar-refractivity contribution in [2.45, 2.75) is 37.4 Å². The zero-order chi connectivity index (χ0) is 26.1. The molecule has 0 aliphatic rings. The monoisotopic (exact) mass is 515 g/mol. The van der Waals surface area contributed by atoms with Crippen LogP contribution in [0.1, 0.15) is 34.7 Å². The predicted molar refractivity (Wildman–Crippen MR) is 142 cm³/mol. The van der Waals surface area contributed by atoms with Gasteiger partial charge in [0, 0.05) is 12.6 Å². The van der Waals surface area contributed by atoms with Gasteiger partial charge in [0.1, 0.15) is 17.3 Å². The van der Waals surface area contributed by atoms with E-state index in [0.717, 1.165) is 22.3 Å². The number of benzene rings is 4. The Morgan fingerprint density at radius 1 is 0.784 bits per heavy atom. The fraction of sp³-hybridized carbons (Fsp3) is 0.167. The highest BCUT2D eigenvalue weighted by Gasteiger charge is 2.19. The summed E-state index contributed by atoms with van der Waals surface area (Å²) in [4.78, 5) is 12.8. The fourth-order valence-electron chi connectivity index (χ4n) is 3.74. The number of esters is 1. The number of ether oxygens (including phenoxy) is 1. The van der Waals surface area contributed by atoms with Crippen LogP contribution in [0.2, 0.25) is 0 Å². The molecule has 0 aliphatic carbocycles. The summed E-state index contributed by atoms with van der Waals surface area (Å²) in [6.07, 6.45) is 0.113. The van der Waals surface area contributed by atoms with E-state index in [1.807, 2.05) is 67.6 Å². The van der Waals surface area contributed by atoms with E-state index in [9.17, 15) is 13.2 Å². The highest BCUT2D eigenvalue weighted by molar-refractivity contribution is 7.87. The van der Waals surface area contributed by atoms with Gasteiger partial charge in [-0.1, -0.05) is 90.5 Å². The molecular formula is C30H29NO5S. The average molecular weight is 516 g/mol. The Morgan fingerprint density at radius 3 is 2.00 bits per heavy atom. The number of carbonyl (C=O) groups excluding carboxylic acids is 1. The number of hydrogen-bond donors (Lipinski definition) is 1. The summed E-state index contributed by atoms with van der Waals surface area (Å²) in [7, 11) is -3.95. The minimum absolute atomic E-state index is 0.0887. The summed E-state index contributed by atoms with van der Waals surface area (Å²) < 4.78 is 36.1. The van der Waals surface area contributed by atoms with Crippen molar-refractivity contribution in [3.05, 3.63) is 131 Å². The topological polar surface area (TPSA) is 81.7 Å². The minimum atomic E-state index is -3.95. The van der Waals surface area contributed by atoms with Crippen LogP contribution in [0.5, 0.6) is 5.75 Å². The lowest BCUT2D eigenvalue weighted by Crippen LogP contribution is -2.24. The number of aryl methyl sites for hydroxylation is 1. The van der Waals surface area contributed by atoms with Crippen molar-refractivity contribution in [2.75, 3.05) is 0 Å². The largest absolute Gasteiger partial charge is 0.461 e. The molecule has 0 radical (unpaired) electrons. The normalized spacial score (nSPS) is 12.0. The van der Waals surface area contributed by atoms with Gasteiger partial charge in [0.25, 0.3) is 0 Å². The van der Waals surface area contributed by atoms with Crippen LogP contribution in [0.4, 0.5) is 0 Å². The summed E-state index contributed by atoms with van der Waals surface area (Å²) in [5.41, 5.74) is 3.77. The zero-order valence-corrected chi connectivity index (χ0v) is 21.4. The first-order chi connectivity index (χ1) is 17.9. The molecule has 0 fully saturated rings. The quantitative estimate of drug-likeness (QED) is 0.203. The van der Waals surface area contributed by atoms with Gasteiger partial charge < -0.3 is 14.2 Å². The Hall–Kier alpha value is -3.94. The Balaban J connectivity index is 1.45. The van der Waals surface area contributed by atoms with Gasteiger partial charge in [0.15, 0.2) is 0 Å². The molecule has 6 nitrogen and oxygen atoms in total. The van der Waals surface area contributed by atoms with Gasteiger partial charge in [-0.15, -0.1) is 0 Å². The molecule has 0 aliphatic heterocycles. The Morgan fingerprint density at radius 2 is 1.38 bits per heavy atom. The second-order valence-corrected chi connectivity index (χ2v) is 10.2. The molecule has 4 rings (SSSR count). The summed E-state index contributed by atoms with van der Waals surface area (Å²) in [6.45, 7) is 2.64. The predicted octanol–water partition coefficient (Wildman–Crippen LogP) is 5.73. The van der Waals surface area contributed by atoms with Crippen molar-refractivity contribution in [2.24, 2.45) is 0 Å². The van der Waals surface area contributed by atoms with Gasteiger partial charge >= 0.3 is 16.1 Å². The minimum Gasteiger partial charge on any atom is -0.461 e. The van der Waals surface area contributed by atoms with Crippen LogP contribution in [0, 0.1) is 6.92 Å². The molecule has 0 aromatic heterocycles. The van der Waals surface area contributed by atoms with Gasteiger partial charge in [-0.05, 0) is 47.9 Å². The summed E-state index contributed by atoms with van der Waals surface area (Å²) in [5.74, 6) is -0.144. The third kappa shape index (κ3) is 7.77. The van der Waals surface area contributed by atoms with E-state index in [4.69, 9.17) is 8.92 Å². The molecule has 1 atom stereocenters. The van der Waals surface area contributed by atoms with E-state index >= 15 is 0 Å². The maximum atomic E-state index is 12.7. The van der Waals surface area contributed by atoms with E-state index < -0.39 is 10.1 Å². The van der Waals surface area contributed by atoms with E-state index in [0.29, 0.717) is 6.54 Å².